The molecule has 1 unspecified atom stereocenters. The number of fused-ring (bicyclic) bond motifs is 1. The minimum atomic E-state index is -0.146. The molecule has 114 valence electrons. The second-order valence-electron chi connectivity index (χ2n) is 6.12. The van der Waals surface area contributed by atoms with Gasteiger partial charge in [-0.25, -0.2) is 0 Å². The quantitative estimate of drug-likeness (QED) is 0.866. The Morgan fingerprint density at radius 3 is 2.86 bits per heavy atom. The molecule has 4 nitrogen and oxygen atoms in total. The molecule has 2 aliphatic rings. The van der Waals surface area contributed by atoms with Gasteiger partial charge in [0.1, 0.15) is 0 Å². The Balaban J connectivity index is 1.73. The number of aliphatic hydroxyl groups is 1. The van der Waals surface area contributed by atoms with Crippen LogP contribution in [0.4, 0.5) is 0 Å². The lowest BCUT2D eigenvalue weighted by Crippen LogP contribution is -2.53. The average Bonchev–Trinajstić information content (AvgIpc) is 2.79. The Bertz CT molecular complexity index is 503. The van der Waals surface area contributed by atoms with Crippen LogP contribution in [0.1, 0.15) is 36.8 Å². The summed E-state index contributed by atoms with van der Waals surface area (Å²) < 4.78 is 0. The van der Waals surface area contributed by atoms with Crippen LogP contribution in [-0.4, -0.2) is 41.1 Å². The third-order valence-corrected chi connectivity index (χ3v) is 4.75. The average molecular weight is 288 g/mol. The number of benzene rings is 1. The molecule has 1 fully saturated rings. The fourth-order valence-corrected chi connectivity index (χ4v) is 3.49. The summed E-state index contributed by atoms with van der Waals surface area (Å²) >= 11 is 0. The number of aliphatic hydroxyl groups excluding tert-OH is 1. The van der Waals surface area contributed by atoms with Crippen molar-refractivity contribution < 1.29 is 9.90 Å². The summed E-state index contributed by atoms with van der Waals surface area (Å²) in [7, 11) is 0. The molecule has 0 radical (unpaired) electrons. The molecule has 2 N–H and O–H groups in total. The monoisotopic (exact) mass is 288 g/mol. The lowest BCUT2D eigenvalue weighted by atomic mass is 9.95. The normalized spacial score (nSPS) is 26.0. The van der Waals surface area contributed by atoms with Gasteiger partial charge in [-0.3, -0.25) is 4.79 Å². The first-order valence-corrected chi connectivity index (χ1v) is 8.01. The van der Waals surface area contributed by atoms with Gasteiger partial charge in [-0.2, -0.15) is 0 Å². The zero-order valence-corrected chi connectivity index (χ0v) is 12.4. The summed E-state index contributed by atoms with van der Waals surface area (Å²) in [6.07, 6.45) is 4.98. The Kier molecular flexibility index (Phi) is 4.56. The van der Waals surface area contributed by atoms with Gasteiger partial charge in [0, 0.05) is 13.1 Å². The summed E-state index contributed by atoms with van der Waals surface area (Å²) in [5.41, 5.74) is 2.56. The largest absolute Gasteiger partial charge is 0.394 e. The van der Waals surface area contributed by atoms with Gasteiger partial charge in [0.2, 0.25) is 5.91 Å². The molecule has 1 saturated heterocycles. The lowest BCUT2D eigenvalue weighted by Gasteiger charge is -2.34. The van der Waals surface area contributed by atoms with Gasteiger partial charge >= 0.3 is 0 Å². The number of likely N-dealkylation sites (tertiary alicyclic amines) is 1. The molecule has 1 aromatic rings. The molecule has 3 rings (SSSR count). The molecule has 0 spiro atoms. The van der Waals surface area contributed by atoms with Crippen molar-refractivity contribution in [1.82, 2.24) is 10.2 Å². The van der Waals surface area contributed by atoms with E-state index in [9.17, 15) is 9.90 Å². The van der Waals surface area contributed by atoms with Crippen molar-refractivity contribution in [2.75, 3.05) is 13.2 Å². The van der Waals surface area contributed by atoms with Crippen molar-refractivity contribution in [1.29, 1.82) is 0 Å². The van der Waals surface area contributed by atoms with E-state index in [1.807, 2.05) is 17.0 Å². The number of carbonyl (C=O) groups excluding carboxylic acids is 1. The molecule has 4 heteroatoms. The SMILES string of the molecule is O=C([C@H]1Cc2ccccc2CN1)N1CCCCCC1CO. The van der Waals surface area contributed by atoms with E-state index in [0.717, 1.165) is 45.2 Å². The fourth-order valence-electron chi connectivity index (χ4n) is 3.49. The van der Waals surface area contributed by atoms with E-state index < -0.39 is 0 Å². The van der Waals surface area contributed by atoms with Crippen LogP contribution in [0.3, 0.4) is 0 Å². The van der Waals surface area contributed by atoms with Gasteiger partial charge in [-0.1, -0.05) is 37.1 Å². The molecule has 2 atom stereocenters. The van der Waals surface area contributed by atoms with Crippen LogP contribution in [0, 0.1) is 0 Å². The van der Waals surface area contributed by atoms with E-state index in [1.165, 1.54) is 11.1 Å². The third-order valence-electron chi connectivity index (χ3n) is 4.75. The van der Waals surface area contributed by atoms with Gasteiger partial charge in [0.05, 0.1) is 18.7 Å². The maximum absolute atomic E-state index is 12.8. The van der Waals surface area contributed by atoms with Crippen molar-refractivity contribution >= 4 is 5.91 Å². The second kappa shape index (κ2) is 6.58. The smallest absolute Gasteiger partial charge is 0.240 e. The molecule has 21 heavy (non-hydrogen) atoms. The number of amides is 1. The fraction of sp³-hybridized carbons (Fsp3) is 0.588. The molecular weight excluding hydrogens is 264 g/mol. The standard InChI is InChI=1S/C17H24N2O2/c20-12-15-8-2-1-5-9-19(15)17(21)16-10-13-6-3-4-7-14(13)11-18-16/h3-4,6-7,15-16,18,20H,1-2,5,8-12H2/t15?,16-/m1/s1. The Morgan fingerprint density at radius 1 is 1.24 bits per heavy atom. The van der Waals surface area contributed by atoms with E-state index in [0.29, 0.717) is 0 Å². The molecule has 0 aliphatic carbocycles. The summed E-state index contributed by atoms with van der Waals surface area (Å²) in [4.78, 5) is 14.8. The zero-order chi connectivity index (χ0) is 14.7. The highest BCUT2D eigenvalue weighted by Gasteiger charge is 2.32. The van der Waals surface area contributed by atoms with Crippen LogP contribution in [0.5, 0.6) is 0 Å². The summed E-state index contributed by atoms with van der Waals surface area (Å²) in [5, 5.41) is 12.9. The van der Waals surface area contributed by atoms with Gasteiger partial charge in [0.15, 0.2) is 0 Å². The van der Waals surface area contributed by atoms with E-state index in [-0.39, 0.29) is 24.6 Å². The first-order chi connectivity index (χ1) is 10.3. The van der Waals surface area contributed by atoms with Crippen LogP contribution >= 0.6 is 0 Å². The Morgan fingerprint density at radius 2 is 2.05 bits per heavy atom. The number of hydrogen-bond acceptors (Lipinski definition) is 3. The van der Waals surface area contributed by atoms with Crippen molar-refractivity contribution in [3.05, 3.63) is 35.4 Å². The maximum atomic E-state index is 12.8. The van der Waals surface area contributed by atoms with Crippen LogP contribution in [-0.2, 0) is 17.8 Å². The second-order valence-corrected chi connectivity index (χ2v) is 6.12. The Hall–Kier alpha value is -1.39. The number of carbonyl (C=O) groups is 1. The molecule has 2 aliphatic heterocycles. The first-order valence-electron chi connectivity index (χ1n) is 8.01. The maximum Gasteiger partial charge on any atom is 0.240 e. The van der Waals surface area contributed by atoms with Crippen LogP contribution in [0.25, 0.3) is 0 Å². The number of nitrogens with one attached hydrogen (secondary N) is 1. The molecule has 0 bridgehead atoms. The highest BCUT2D eigenvalue weighted by atomic mass is 16.3. The highest BCUT2D eigenvalue weighted by Crippen LogP contribution is 2.21. The predicted octanol–water partition coefficient (Wildman–Crippen LogP) is 1.46. The van der Waals surface area contributed by atoms with Crippen molar-refractivity contribution in [2.45, 2.75) is 50.7 Å². The molecule has 0 aromatic heterocycles. The van der Waals surface area contributed by atoms with E-state index in [4.69, 9.17) is 0 Å². The van der Waals surface area contributed by atoms with Gasteiger partial charge in [-0.15, -0.1) is 0 Å². The molecule has 0 saturated carbocycles. The summed E-state index contributed by atoms with van der Waals surface area (Å²) in [5.74, 6) is 0.158. The third kappa shape index (κ3) is 3.11. The van der Waals surface area contributed by atoms with Gasteiger partial charge < -0.3 is 15.3 Å². The van der Waals surface area contributed by atoms with E-state index >= 15 is 0 Å². The zero-order valence-electron chi connectivity index (χ0n) is 12.4. The highest BCUT2D eigenvalue weighted by molar-refractivity contribution is 5.83. The van der Waals surface area contributed by atoms with Crippen LogP contribution < -0.4 is 5.32 Å². The lowest BCUT2D eigenvalue weighted by molar-refractivity contribution is -0.136. The van der Waals surface area contributed by atoms with E-state index in [2.05, 4.69) is 17.4 Å². The summed E-state index contributed by atoms with van der Waals surface area (Å²) in [6.45, 7) is 1.61. The first kappa shape index (κ1) is 14.5. The minimum Gasteiger partial charge on any atom is -0.394 e. The number of rotatable bonds is 2. The van der Waals surface area contributed by atoms with Crippen molar-refractivity contribution in [2.24, 2.45) is 0 Å². The van der Waals surface area contributed by atoms with Gasteiger partial charge in [0.25, 0.3) is 0 Å². The molecular formula is C17H24N2O2. The van der Waals surface area contributed by atoms with Crippen molar-refractivity contribution in [3.8, 4) is 0 Å². The summed E-state index contributed by atoms with van der Waals surface area (Å²) in [6, 6.07) is 8.16. The van der Waals surface area contributed by atoms with Crippen LogP contribution in [0.2, 0.25) is 0 Å². The van der Waals surface area contributed by atoms with Crippen LogP contribution in [0.15, 0.2) is 24.3 Å². The number of hydrogen-bond donors (Lipinski definition) is 2. The van der Waals surface area contributed by atoms with Gasteiger partial charge in [-0.05, 0) is 30.4 Å². The topological polar surface area (TPSA) is 52.6 Å². The van der Waals surface area contributed by atoms with E-state index in [1.54, 1.807) is 0 Å². The minimum absolute atomic E-state index is 0.000953. The Labute approximate surface area is 126 Å². The molecule has 1 aromatic carbocycles. The predicted molar refractivity (Wildman–Crippen MR) is 81.8 cm³/mol. The molecule has 1 amide bonds. The number of nitrogens with zero attached hydrogens (tertiary/aromatic N) is 1. The molecule has 2 heterocycles. The van der Waals surface area contributed by atoms with Crippen molar-refractivity contribution in [3.63, 3.8) is 0 Å².